The minimum Gasteiger partial charge on any atom is -0.508 e. The van der Waals surface area contributed by atoms with Crippen LogP contribution in [-0.4, -0.2) is 15.6 Å². The van der Waals surface area contributed by atoms with Crippen LogP contribution in [0.3, 0.4) is 0 Å². The van der Waals surface area contributed by atoms with Gasteiger partial charge in [-0.3, -0.25) is 9.59 Å². The van der Waals surface area contributed by atoms with Gasteiger partial charge in [0.1, 0.15) is 11.3 Å². The van der Waals surface area contributed by atoms with E-state index in [0.29, 0.717) is 16.6 Å². The third-order valence-electron chi connectivity index (χ3n) is 3.57. The summed E-state index contributed by atoms with van der Waals surface area (Å²) in [7, 11) is 1.59. The number of nitrogens with one attached hydrogen (secondary N) is 1. The second-order valence-electron chi connectivity index (χ2n) is 5.07. The number of hydrogen-bond acceptors (Lipinski definition) is 3. The summed E-state index contributed by atoms with van der Waals surface area (Å²) in [5.74, 6) is -0.604. The van der Waals surface area contributed by atoms with E-state index in [4.69, 9.17) is 11.6 Å². The van der Waals surface area contributed by atoms with Crippen molar-refractivity contribution in [2.45, 2.75) is 0 Å². The van der Waals surface area contributed by atoms with Gasteiger partial charge in [-0.05, 0) is 18.2 Å². The van der Waals surface area contributed by atoms with Crippen molar-refractivity contribution in [3.05, 3.63) is 69.5 Å². The Bertz CT molecular complexity index is 979. The number of nitrogens with zero attached hydrogens (tertiary/aromatic N) is 1. The lowest BCUT2D eigenvalue weighted by molar-refractivity contribution is 0.102. The average Bonchev–Trinajstić information content (AvgIpc) is 2.53. The molecule has 23 heavy (non-hydrogen) atoms. The van der Waals surface area contributed by atoms with Gasteiger partial charge in [0, 0.05) is 24.2 Å². The summed E-state index contributed by atoms with van der Waals surface area (Å²) in [6.07, 6.45) is 0. The molecular weight excluding hydrogens is 316 g/mol. The van der Waals surface area contributed by atoms with E-state index in [1.807, 2.05) is 0 Å². The molecule has 116 valence electrons. The van der Waals surface area contributed by atoms with Crippen molar-refractivity contribution in [3.63, 3.8) is 0 Å². The van der Waals surface area contributed by atoms with Crippen LogP contribution in [0.25, 0.3) is 10.9 Å². The van der Waals surface area contributed by atoms with Crippen molar-refractivity contribution in [2.24, 2.45) is 7.05 Å². The fraction of sp³-hybridized carbons (Fsp3) is 0.0588. The summed E-state index contributed by atoms with van der Waals surface area (Å²) < 4.78 is 1.39. The van der Waals surface area contributed by atoms with E-state index in [9.17, 15) is 14.7 Å². The Labute approximate surface area is 136 Å². The zero-order valence-electron chi connectivity index (χ0n) is 12.2. The Morgan fingerprint density at radius 1 is 1.17 bits per heavy atom. The lowest BCUT2D eigenvalue weighted by Gasteiger charge is -2.12. The first-order valence-corrected chi connectivity index (χ1v) is 7.24. The van der Waals surface area contributed by atoms with Gasteiger partial charge < -0.3 is 15.0 Å². The fourth-order valence-electron chi connectivity index (χ4n) is 2.43. The number of halogens is 1. The van der Waals surface area contributed by atoms with Crippen LogP contribution in [0.5, 0.6) is 5.75 Å². The van der Waals surface area contributed by atoms with Crippen LogP contribution in [0.15, 0.2) is 53.3 Å². The molecule has 1 amide bonds. The maximum absolute atomic E-state index is 12.5. The molecule has 2 N–H and O–H groups in total. The van der Waals surface area contributed by atoms with Gasteiger partial charge in [-0.15, -0.1) is 0 Å². The highest BCUT2D eigenvalue weighted by Crippen LogP contribution is 2.25. The van der Waals surface area contributed by atoms with E-state index in [0.717, 1.165) is 0 Å². The highest BCUT2D eigenvalue weighted by Gasteiger charge is 2.20. The van der Waals surface area contributed by atoms with Crippen LogP contribution in [0.1, 0.15) is 10.4 Å². The predicted octanol–water partition coefficient (Wildman–Crippen LogP) is 3.15. The molecule has 0 atom stereocenters. The molecule has 5 nitrogen and oxygen atoms in total. The molecule has 0 aliphatic carbocycles. The molecule has 0 unspecified atom stereocenters. The van der Waals surface area contributed by atoms with Gasteiger partial charge in [-0.25, -0.2) is 0 Å². The van der Waals surface area contributed by atoms with Crippen molar-refractivity contribution in [1.29, 1.82) is 0 Å². The van der Waals surface area contributed by atoms with Gasteiger partial charge >= 0.3 is 0 Å². The number of aryl methyl sites for hydroxylation is 1. The number of aromatic hydroxyl groups is 1. The minimum atomic E-state index is -0.619. The molecule has 0 aliphatic heterocycles. The maximum Gasteiger partial charge on any atom is 0.265 e. The Hall–Kier alpha value is -2.79. The highest BCUT2D eigenvalue weighted by atomic mass is 35.5. The largest absolute Gasteiger partial charge is 0.508 e. The first kappa shape index (κ1) is 15.1. The van der Waals surface area contributed by atoms with Crippen LogP contribution >= 0.6 is 11.6 Å². The Morgan fingerprint density at radius 2 is 1.91 bits per heavy atom. The number of carbonyl (C=O) groups is 1. The first-order chi connectivity index (χ1) is 11.0. The summed E-state index contributed by atoms with van der Waals surface area (Å²) in [4.78, 5) is 24.9. The molecule has 3 aromatic rings. The molecule has 0 radical (unpaired) electrons. The van der Waals surface area contributed by atoms with Crippen molar-refractivity contribution in [3.8, 4) is 5.75 Å². The third kappa shape index (κ3) is 2.66. The number of para-hydroxylation sites is 1. The smallest absolute Gasteiger partial charge is 0.265 e. The van der Waals surface area contributed by atoms with Gasteiger partial charge in [0.25, 0.3) is 11.5 Å². The molecular formula is C17H13ClN2O3. The van der Waals surface area contributed by atoms with Crippen molar-refractivity contribution in [1.82, 2.24) is 4.57 Å². The molecule has 1 heterocycles. The van der Waals surface area contributed by atoms with E-state index in [1.54, 1.807) is 43.4 Å². The van der Waals surface area contributed by atoms with Gasteiger partial charge in [0.05, 0.1) is 10.5 Å². The van der Waals surface area contributed by atoms with Gasteiger partial charge in [-0.2, -0.15) is 0 Å². The zero-order chi connectivity index (χ0) is 16.6. The van der Waals surface area contributed by atoms with E-state index in [-0.39, 0.29) is 16.3 Å². The van der Waals surface area contributed by atoms with E-state index in [2.05, 4.69) is 5.32 Å². The van der Waals surface area contributed by atoms with Crippen LogP contribution < -0.4 is 10.9 Å². The molecule has 0 fully saturated rings. The number of rotatable bonds is 2. The number of phenolic OH excluding ortho intramolecular Hbond substituents is 1. The molecule has 0 aliphatic rings. The highest BCUT2D eigenvalue weighted by molar-refractivity contribution is 6.38. The summed E-state index contributed by atoms with van der Waals surface area (Å²) in [5.41, 5.74) is 0.417. The first-order valence-electron chi connectivity index (χ1n) is 6.86. The van der Waals surface area contributed by atoms with Crippen LogP contribution in [0, 0.1) is 0 Å². The molecule has 6 heteroatoms. The number of fused-ring (bicyclic) bond motifs is 1. The molecule has 1 aromatic heterocycles. The summed E-state index contributed by atoms with van der Waals surface area (Å²) in [6, 6.07) is 13.2. The molecule has 0 saturated heterocycles. The minimum absolute atomic E-state index is 0.0142. The van der Waals surface area contributed by atoms with Crippen LogP contribution in [-0.2, 0) is 7.05 Å². The van der Waals surface area contributed by atoms with Crippen LogP contribution in [0.4, 0.5) is 5.69 Å². The SMILES string of the molecule is Cn1c(=O)c(C(=O)Nc2cccc(O)c2)c(Cl)c2ccccc21. The molecule has 3 rings (SSSR count). The number of aromatic nitrogens is 1. The van der Waals surface area contributed by atoms with Crippen molar-refractivity contribution >= 4 is 34.1 Å². The molecule has 0 spiro atoms. The topological polar surface area (TPSA) is 71.3 Å². The second kappa shape index (κ2) is 5.78. The number of amides is 1. The summed E-state index contributed by atoms with van der Waals surface area (Å²) in [5, 5.41) is 12.8. The third-order valence-corrected chi connectivity index (χ3v) is 3.96. The maximum atomic E-state index is 12.5. The quantitative estimate of drug-likeness (QED) is 0.759. The normalized spacial score (nSPS) is 10.7. The lowest BCUT2D eigenvalue weighted by atomic mass is 10.1. The van der Waals surface area contributed by atoms with Gasteiger partial charge in [0.2, 0.25) is 0 Å². The standard InChI is InChI=1S/C17H13ClN2O3/c1-20-13-8-3-2-7-12(13)15(18)14(17(20)23)16(22)19-10-5-4-6-11(21)9-10/h2-9,21H,1H3,(H,19,22). The lowest BCUT2D eigenvalue weighted by Crippen LogP contribution is -2.28. The monoisotopic (exact) mass is 328 g/mol. The van der Waals surface area contributed by atoms with Crippen LogP contribution in [0.2, 0.25) is 5.02 Å². The average molecular weight is 329 g/mol. The fourth-order valence-corrected chi connectivity index (χ4v) is 2.76. The number of carbonyl (C=O) groups excluding carboxylic acids is 1. The van der Waals surface area contributed by atoms with E-state index in [1.165, 1.54) is 16.7 Å². The van der Waals surface area contributed by atoms with E-state index < -0.39 is 11.5 Å². The summed E-state index contributed by atoms with van der Waals surface area (Å²) >= 11 is 6.29. The van der Waals surface area contributed by atoms with Crippen molar-refractivity contribution in [2.75, 3.05) is 5.32 Å². The number of anilines is 1. The molecule has 0 saturated carbocycles. The number of hydrogen-bond donors (Lipinski definition) is 2. The number of phenols is 1. The molecule has 2 aromatic carbocycles. The summed E-state index contributed by atoms with van der Waals surface area (Å²) in [6.45, 7) is 0. The second-order valence-corrected chi connectivity index (χ2v) is 5.45. The number of pyridine rings is 1. The predicted molar refractivity (Wildman–Crippen MR) is 90.3 cm³/mol. The van der Waals surface area contributed by atoms with Crippen molar-refractivity contribution < 1.29 is 9.90 Å². The zero-order valence-corrected chi connectivity index (χ0v) is 13.0. The Kier molecular flexibility index (Phi) is 3.80. The van der Waals surface area contributed by atoms with Gasteiger partial charge in [-0.1, -0.05) is 35.9 Å². The molecule has 0 bridgehead atoms. The van der Waals surface area contributed by atoms with E-state index >= 15 is 0 Å². The van der Waals surface area contributed by atoms with Gasteiger partial charge in [0.15, 0.2) is 0 Å². The Morgan fingerprint density at radius 3 is 2.65 bits per heavy atom. The Balaban J connectivity index is 2.12. The number of benzene rings is 2.